The molecular weight excluding hydrogens is 262 g/mol. The smallest absolute Gasteiger partial charge is 0.166 e. The fourth-order valence-electron chi connectivity index (χ4n) is 3.74. The summed E-state index contributed by atoms with van der Waals surface area (Å²) in [5, 5.41) is 3.71. The average molecular weight is 289 g/mol. The minimum absolute atomic E-state index is 0.393. The highest BCUT2D eigenvalue weighted by Crippen LogP contribution is 2.42. The van der Waals surface area contributed by atoms with E-state index in [0.717, 1.165) is 18.0 Å². The van der Waals surface area contributed by atoms with Crippen molar-refractivity contribution in [1.29, 1.82) is 0 Å². The molecule has 1 unspecified atom stereocenters. The Kier molecular flexibility index (Phi) is 5.02. The molecule has 0 amide bonds. The van der Waals surface area contributed by atoms with E-state index in [1.807, 2.05) is 6.07 Å². The summed E-state index contributed by atoms with van der Waals surface area (Å²) in [6, 6.07) is 6.73. The molecule has 0 saturated heterocycles. The third-order valence-corrected chi connectivity index (χ3v) is 4.73. The molecule has 1 heterocycles. The molecule has 3 nitrogen and oxygen atoms in total. The number of hydrogen-bond donors (Lipinski definition) is 1. The molecule has 1 saturated carbocycles. The minimum Gasteiger partial charge on any atom is -0.486 e. The van der Waals surface area contributed by atoms with Gasteiger partial charge >= 0.3 is 0 Å². The summed E-state index contributed by atoms with van der Waals surface area (Å²) in [6.07, 6.45) is 8.14. The van der Waals surface area contributed by atoms with Crippen molar-refractivity contribution in [2.45, 2.75) is 51.5 Å². The highest BCUT2D eigenvalue weighted by atomic mass is 16.6. The molecule has 0 aromatic heterocycles. The lowest BCUT2D eigenvalue weighted by molar-refractivity contribution is 0.166. The Morgan fingerprint density at radius 2 is 1.86 bits per heavy atom. The summed E-state index contributed by atoms with van der Waals surface area (Å²) in [7, 11) is 0. The number of benzene rings is 1. The predicted molar refractivity (Wildman–Crippen MR) is 85.0 cm³/mol. The summed E-state index contributed by atoms with van der Waals surface area (Å²) in [5.41, 5.74) is 1.29. The first-order valence-electron chi connectivity index (χ1n) is 8.52. The van der Waals surface area contributed by atoms with Crippen LogP contribution in [0.5, 0.6) is 11.5 Å². The molecule has 1 atom stereocenters. The number of para-hydroxylation sites is 1. The van der Waals surface area contributed by atoms with Gasteiger partial charge in [-0.15, -0.1) is 0 Å². The molecular formula is C18H27NO2. The SMILES string of the molecule is CCNC(c1cccc2c1OCCO2)C1CCCCCC1. The van der Waals surface area contributed by atoms with Crippen LogP contribution in [0.25, 0.3) is 0 Å². The number of rotatable bonds is 4. The normalized spacial score (nSPS) is 20.8. The molecule has 1 aliphatic heterocycles. The van der Waals surface area contributed by atoms with Crippen LogP contribution >= 0.6 is 0 Å². The van der Waals surface area contributed by atoms with E-state index >= 15 is 0 Å². The van der Waals surface area contributed by atoms with Crippen molar-refractivity contribution in [1.82, 2.24) is 5.32 Å². The largest absolute Gasteiger partial charge is 0.486 e. The zero-order valence-electron chi connectivity index (χ0n) is 13.1. The van der Waals surface area contributed by atoms with Crippen LogP contribution in [0.3, 0.4) is 0 Å². The van der Waals surface area contributed by atoms with Crippen LogP contribution in [0, 0.1) is 5.92 Å². The summed E-state index contributed by atoms with van der Waals surface area (Å²) in [6.45, 7) is 4.50. The predicted octanol–water partition coefficient (Wildman–Crippen LogP) is 4.08. The molecule has 0 spiro atoms. The van der Waals surface area contributed by atoms with Crippen LogP contribution in [0.2, 0.25) is 0 Å². The van der Waals surface area contributed by atoms with Gasteiger partial charge in [0.1, 0.15) is 13.2 Å². The fourth-order valence-corrected chi connectivity index (χ4v) is 3.74. The Morgan fingerprint density at radius 1 is 1.10 bits per heavy atom. The van der Waals surface area contributed by atoms with Gasteiger partial charge in [-0.05, 0) is 31.4 Å². The van der Waals surface area contributed by atoms with E-state index in [0.29, 0.717) is 25.2 Å². The Labute approximate surface area is 128 Å². The molecule has 116 valence electrons. The Morgan fingerprint density at radius 3 is 2.62 bits per heavy atom. The standard InChI is InChI=1S/C18H27NO2/c1-2-19-17(14-8-5-3-4-6-9-14)15-10-7-11-16-18(15)21-13-12-20-16/h7,10-11,14,17,19H,2-6,8-9,12-13H2,1H3. The quantitative estimate of drug-likeness (QED) is 0.847. The Hall–Kier alpha value is -1.22. The van der Waals surface area contributed by atoms with Crippen molar-refractivity contribution in [3.05, 3.63) is 23.8 Å². The van der Waals surface area contributed by atoms with Gasteiger partial charge in [0.05, 0.1) is 0 Å². The van der Waals surface area contributed by atoms with Gasteiger partial charge in [0.15, 0.2) is 11.5 Å². The van der Waals surface area contributed by atoms with Gasteiger partial charge in [-0.25, -0.2) is 0 Å². The third-order valence-electron chi connectivity index (χ3n) is 4.73. The van der Waals surface area contributed by atoms with Gasteiger partial charge in [0.25, 0.3) is 0 Å². The van der Waals surface area contributed by atoms with E-state index in [4.69, 9.17) is 9.47 Å². The van der Waals surface area contributed by atoms with E-state index in [-0.39, 0.29) is 0 Å². The molecule has 1 aliphatic carbocycles. The maximum Gasteiger partial charge on any atom is 0.166 e. The van der Waals surface area contributed by atoms with Gasteiger partial charge in [-0.1, -0.05) is 44.7 Å². The highest BCUT2D eigenvalue weighted by molar-refractivity contribution is 5.49. The number of hydrogen-bond acceptors (Lipinski definition) is 3. The highest BCUT2D eigenvalue weighted by Gasteiger charge is 2.28. The molecule has 3 heteroatoms. The monoisotopic (exact) mass is 289 g/mol. The molecule has 2 aliphatic rings. The molecule has 1 aromatic carbocycles. The van der Waals surface area contributed by atoms with Crippen LogP contribution in [-0.2, 0) is 0 Å². The maximum atomic E-state index is 5.94. The maximum absolute atomic E-state index is 5.94. The van der Waals surface area contributed by atoms with Crippen LogP contribution in [0.15, 0.2) is 18.2 Å². The molecule has 0 radical (unpaired) electrons. The molecule has 1 N–H and O–H groups in total. The lowest BCUT2D eigenvalue weighted by Gasteiger charge is -2.31. The van der Waals surface area contributed by atoms with Crippen LogP contribution in [-0.4, -0.2) is 19.8 Å². The Bertz CT molecular complexity index is 453. The van der Waals surface area contributed by atoms with E-state index in [2.05, 4.69) is 24.4 Å². The van der Waals surface area contributed by atoms with Crippen molar-refractivity contribution >= 4 is 0 Å². The minimum atomic E-state index is 0.393. The van der Waals surface area contributed by atoms with Gasteiger partial charge in [-0.2, -0.15) is 0 Å². The number of fused-ring (bicyclic) bond motifs is 1. The second-order valence-electron chi connectivity index (χ2n) is 6.16. The lowest BCUT2D eigenvalue weighted by Crippen LogP contribution is -2.29. The molecule has 1 aromatic rings. The zero-order chi connectivity index (χ0) is 14.5. The first-order chi connectivity index (χ1) is 10.4. The summed E-state index contributed by atoms with van der Waals surface area (Å²) < 4.78 is 11.7. The molecule has 21 heavy (non-hydrogen) atoms. The van der Waals surface area contributed by atoms with Gasteiger partial charge in [-0.3, -0.25) is 0 Å². The number of ether oxygens (including phenoxy) is 2. The molecule has 0 bridgehead atoms. The van der Waals surface area contributed by atoms with Crippen LogP contribution < -0.4 is 14.8 Å². The van der Waals surface area contributed by atoms with Crippen molar-refractivity contribution < 1.29 is 9.47 Å². The summed E-state index contributed by atoms with van der Waals surface area (Å²) in [5.74, 6) is 2.60. The van der Waals surface area contributed by atoms with Crippen LogP contribution in [0.1, 0.15) is 57.1 Å². The molecule has 1 fully saturated rings. The second-order valence-corrected chi connectivity index (χ2v) is 6.16. The zero-order valence-corrected chi connectivity index (χ0v) is 13.1. The van der Waals surface area contributed by atoms with E-state index < -0.39 is 0 Å². The van der Waals surface area contributed by atoms with Crippen molar-refractivity contribution in [3.63, 3.8) is 0 Å². The fraction of sp³-hybridized carbons (Fsp3) is 0.667. The van der Waals surface area contributed by atoms with Gasteiger partial charge in [0.2, 0.25) is 0 Å². The van der Waals surface area contributed by atoms with Crippen molar-refractivity contribution in [3.8, 4) is 11.5 Å². The van der Waals surface area contributed by atoms with E-state index in [1.54, 1.807) is 0 Å². The second kappa shape index (κ2) is 7.17. The number of nitrogens with one attached hydrogen (secondary N) is 1. The van der Waals surface area contributed by atoms with Crippen molar-refractivity contribution in [2.24, 2.45) is 5.92 Å². The van der Waals surface area contributed by atoms with Crippen LogP contribution in [0.4, 0.5) is 0 Å². The van der Waals surface area contributed by atoms with E-state index in [1.165, 1.54) is 44.1 Å². The molecule has 3 rings (SSSR count). The first-order valence-corrected chi connectivity index (χ1v) is 8.52. The Balaban J connectivity index is 1.89. The first kappa shape index (κ1) is 14.7. The van der Waals surface area contributed by atoms with E-state index in [9.17, 15) is 0 Å². The topological polar surface area (TPSA) is 30.5 Å². The third kappa shape index (κ3) is 3.34. The lowest BCUT2D eigenvalue weighted by atomic mass is 9.86. The average Bonchev–Trinajstić information content (AvgIpc) is 2.81. The summed E-state index contributed by atoms with van der Waals surface area (Å²) >= 11 is 0. The van der Waals surface area contributed by atoms with Gasteiger partial charge in [0, 0.05) is 11.6 Å². The summed E-state index contributed by atoms with van der Waals surface area (Å²) in [4.78, 5) is 0. The van der Waals surface area contributed by atoms with Crippen molar-refractivity contribution in [2.75, 3.05) is 19.8 Å². The van der Waals surface area contributed by atoms with Gasteiger partial charge < -0.3 is 14.8 Å².